The van der Waals surface area contributed by atoms with Gasteiger partial charge >= 0.3 is 0 Å². The number of nitrogens with one attached hydrogen (secondary N) is 1. The summed E-state index contributed by atoms with van der Waals surface area (Å²) in [6.07, 6.45) is 3.12. The maximum Gasteiger partial charge on any atom is 0.258 e. The Morgan fingerprint density at radius 2 is 2.25 bits per heavy atom. The molecule has 0 radical (unpaired) electrons. The highest BCUT2D eigenvalue weighted by atomic mass is 35.5. The lowest BCUT2D eigenvalue weighted by Gasteiger charge is -2.10. The van der Waals surface area contributed by atoms with Crippen molar-refractivity contribution in [2.24, 2.45) is 7.05 Å². The number of ether oxygens (including phenoxy) is 1. The maximum absolute atomic E-state index is 12.0. The molecule has 2 rings (SSSR count). The monoisotopic (exact) mass is 294 g/mol. The van der Waals surface area contributed by atoms with Gasteiger partial charge in [0.25, 0.3) is 5.91 Å². The molecule has 2 heterocycles. The van der Waals surface area contributed by atoms with Gasteiger partial charge in [-0.15, -0.1) is 0 Å². The van der Waals surface area contributed by atoms with E-state index >= 15 is 0 Å². The van der Waals surface area contributed by atoms with Crippen LogP contribution in [-0.2, 0) is 7.05 Å². The van der Waals surface area contributed by atoms with Gasteiger partial charge in [0.2, 0.25) is 5.88 Å². The number of hydrogen-bond donors (Lipinski definition) is 1. The maximum atomic E-state index is 12.0. The number of anilines is 1. The number of carbonyl (C=O) groups excluding carboxylic acids is 1. The zero-order valence-electron chi connectivity index (χ0n) is 11.4. The van der Waals surface area contributed by atoms with E-state index < -0.39 is 0 Å². The van der Waals surface area contributed by atoms with Gasteiger partial charge in [0.15, 0.2) is 5.82 Å². The average Bonchev–Trinajstić information content (AvgIpc) is 2.76. The summed E-state index contributed by atoms with van der Waals surface area (Å²) in [7, 11) is 1.77. The fraction of sp³-hybridized carbons (Fsp3) is 0.308. The Balaban J connectivity index is 2.12. The van der Waals surface area contributed by atoms with Crippen molar-refractivity contribution in [3.63, 3.8) is 0 Å². The number of aromatic nitrogens is 3. The predicted molar refractivity (Wildman–Crippen MR) is 76.2 cm³/mol. The van der Waals surface area contributed by atoms with Crippen molar-refractivity contribution in [3.8, 4) is 5.88 Å². The van der Waals surface area contributed by atoms with Gasteiger partial charge in [0, 0.05) is 25.5 Å². The first-order chi connectivity index (χ1) is 9.45. The zero-order valence-corrected chi connectivity index (χ0v) is 12.2. The quantitative estimate of drug-likeness (QED) is 0.940. The number of amides is 1. The van der Waals surface area contributed by atoms with E-state index in [1.54, 1.807) is 24.0 Å². The van der Waals surface area contributed by atoms with Gasteiger partial charge in [-0.05, 0) is 19.9 Å². The lowest BCUT2D eigenvalue weighted by atomic mass is 10.2. The van der Waals surface area contributed by atoms with E-state index in [2.05, 4.69) is 15.4 Å². The van der Waals surface area contributed by atoms with Crippen LogP contribution in [0, 0.1) is 0 Å². The van der Waals surface area contributed by atoms with Crippen molar-refractivity contribution in [2.75, 3.05) is 5.32 Å². The van der Waals surface area contributed by atoms with Crippen LogP contribution in [0.5, 0.6) is 5.88 Å². The number of hydrogen-bond acceptors (Lipinski definition) is 4. The van der Waals surface area contributed by atoms with E-state index in [4.69, 9.17) is 16.3 Å². The molecule has 6 nitrogen and oxygen atoms in total. The molecule has 1 amide bonds. The summed E-state index contributed by atoms with van der Waals surface area (Å²) in [5.74, 6) is 0.460. The second-order valence-electron chi connectivity index (χ2n) is 4.51. The Labute approximate surface area is 121 Å². The molecule has 0 fully saturated rings. The summed E-state index contributed by atoms with van der Waals surface area (Å²) in [6, 6.07) is 3.22. The first kappa shape index (κ1) is 14.3. The lowest BCUT2D eigenvalue weighted by Crippen LogP contribution is -2.14. The molecule has 0 aliphatic heterocycles. The molecule has 20 heavy (non-hydrogen) atoms. The summed E-state index contributed by atoms with van der Waals surface area (Å²) in [4.78, 5) is 16.1. The van der Waals surface area contributed by atoms with Crippen LogP contribution < -0.4 is 10.1 Å². The highest BCUT2D eigenvalue weighted by Gasteiger charge is 2.12. The van der Waals surface area contributed by atoms with E-state index in [1.165, 1.54) is 12.3 Å². The topological polar surface area (TPSA) is 69.0 Å². The van der Waals surface area contributed by atoms with E-state index in [0.29, 0.717) is 22.3 Å². The highest BCUT2D eigenvalue weighted by Crippen LogP contribution is 2.23. The standard InChI is InChI=1S/C13H15ClN4O2/c1-8(2)20-13-10(14)6-9(7-15-13)12(19)16-11-4-5-18(3)17-11/h4-8H,1-3H3,(H,16,17,19). The van der Waals surface area contributed by atoms with Crippen LogP contribution in [0.4, 0.5) is 5.82 Å². The largest absolute Gasteiger partial charge is 0.474 e. The minimum Gasteiger partial charge on any atom is -0.474 e. The molecule has 0 atom stereocenters. The van der Waals surface area contributed by atoms with Crippen LogP contribution in [-0.4, -0.2) is 26.8 Å². The first-order valence-corrected chi connectivity index (χ1v) is 6.46. The minimum atomic E-state index is -0.325. The zero-order chi connectivity index (χ0) is 14.7. The molecule has 0 bridgehead atoms. The third-order valence-electron chi connectivity index (χ3n) is 2.37. The summed E-state index contributed by atoms with van der Waals surface area (Å²) in [5, 5.41) is 7.02. The normalized spacial score (nSPS) is 10.7. The van der Waals surface area contributed by atoms with E-state index in [-0.39, 0.29) is 12.0 Å². The van der Waals surface area contributed by atoms with E-state index in [1.807, 2.05) is 13.8 Å². The Morgan fingerprint density at radius 3 is 2.80 bits per heavy atom. The van der Waals surface area contributed by atoms with Crippen LogP contribution in [0.25, 0.3) is 0 Å². The first-order valence-electron chi connectivity index (χ1n) is 6.09. The number of rotatable bonds is 4. The molecule has 0 unspecified atom stereocenters. The molecule has 2 aromatic heterocycles. The average molecular weight is 295 g/mol. The van der Waals surface area contributed by atoms with Crippen LogP contribution in [0.2, 0.25) is 5.02 Å². The number of aryl methyl sites for hydroxylation is 1. The van der Waals surface area contributed by atoms with Gasteiger partial charge in [0.1, 0.15) is 5.02 Å². The lowest BCUT2D eigenvalue weighted by molar-refractivity contribution is 0.102. The molecule has 7 heteroatoms. The third-order valence-corrected chi connectivity index (χ3v) is 2.64. The number of carbonyl (C=O) groups is 1. The van der Waals surface area contributed by atoms with Gasteiger partial charge in [-0.1, -0.05) is 11.6 Å². The van der Waals surface area contributed by atoms with Crippen LogP contribution in [0.3, 0.4) is 0 Å². The summed E-state index contributed by atoms with van der Waals surface area (Å²) in [5.41, 5.74) is 0.344. The van der Waals surface area contributed by atoms with E-state index in [9.17, 15) is 4.79 Å². The molecule has 0 aliphatic rings. The van der Waals surface area contributed by atoms with Gasteiger partial charge in [-0.3, -0.25) is 9.48 Å². The minimum absolute atomic E-state index is 0.0341. The van der Waals surface area contributed by atoms with Crippen molar-refractivity contribution in [2.45, 2.75) is 20.0 Å². The molecule has 0 spiro atoms. The van der Waals surface area contributed by atoms with Crippen molar-refractivity contribution < 1.29 is 9.53 Å². The Kier molecular flexibility index (Phi) is 4.24. The smallest absolute Gasteiger partial charge is 0.258 e. The summed E-state index contributed by atoms with van der Waals surface area (Å²) >= 11 is 6.04. The summed E-state index contributed by atoms with van der Waals surface area (Å²) < 4.78 is 7.01. The van der Waals surface area contributed by atoms with Crippen molar-refractivity contribution >= 4 is 23.3 Å². The molecule has 0 aliphatic carbocycles. The molecule has 0 aromatic carbocycles. The molecular weight excluding hydrogens is 280 g/mol. The number of halogens is 1. The van der Waals surface area contributed by atoms with Crippen molar-refractivity contribution in [1.29, 1.82) is 0 Å². The Hall–Kier alpha value is -2.08. The van der Waals surface area contributed by atoms with Gasteiger partial charge in [-0.25, -0.2) is 4.98 Å². The van der Waals surface area contributed by atoms with Gasteiger partial charge in [-0.2, -0.15) is 5.10 Å². The fourth-order valence-electron chi connectivity index (χ4n) is 1.53. The van der Waals surface area contributed by atoms with Crippen LogP contribution >= 0.6 is 11.6 Å². The third kappa shape index (κ3) is 3.48. The second-order valence-corrected chi connectivity index (χ2v) is 4.91. The van der Waals surface area contributed by atoms with Crippen LogP contribution in [0.15, 0.2) is 24.5 Å². The Bertz CT molecular complexity index is 625. The molecule has 0 saturated carbocycles. The molecular formula is C13H15ClN4O2. The molecule has 2 aromatic rings. The SMILES string of the molecule is CC(C)Oc1ncc(C(=O)Nc2ccn(C)n2)cc1Cl. The second kappa shape index (κ2) is 5.92. The highest BCUT2D eigenvalue weighted by molar-refractivity contribution is 6.32. The van der Waals surface area contributed by atoms with Crippen molar-refractivity contribution in [1.82, 2.24) is 14.8 Å². The predicted octanol–water partition coefficient (Wildman–Crippen LogP) is 2.51. The molecule has 0 saturated heterocycles. The number of nitrogens with zero attached hydrogens (tertiary/aromatic N) is 3. The number of pyridine rings is 1. The molecule has 106 valence electrons. The Morgan fingerprint density at radius 1 is 1.50 bits per heavy atom. The van der Waals surface area contributed by atoms with E-state index in [0.717, 1.165) is 0 Å². The van der Waals surface area contributed by atoms with Crippen LogP contribution in [0.1, 0.15) is 24.2 Å². The summed E-state index contributed by atoms with van der Waals surface area (Å²) in [6.45, 7) is 3.75. The van der Waals surface area contributed by atoms with Gasteiger partial charge in [0.05, 0.1) is 11.7 Å². The van der Waals surface area contributed by atoms with Crippen molar-refractivity contribution in [3.05, 3.63) is 35.1 Å². The van der Waals surface area contributed by atoms with Gasteiger partial charge < -0.3 is 10.1 Å². The fourth-order valence-corrected chi connectivity index (χ4v) is 1.74. The molecule has 1 N–H and O–H groups in total.